The molecule has 1 aromatic heterocycles. The minimum Gasteiger partial charge on any atom is -0.339 e. The highest BCUT2D eigenvalue weighted by molar-refractivity contribution is 5.53. The fourth-order valence-corrected chi connectivity index (χ4v) is 3.19. The Morgan fingerprint density at radius 2 is 2.06 bits per heavy atom. The monoisotopic (exact) mass is 241 g/mol. The SMILES string of the molecule is c1ccc(-c2noc(C3CC4CCC3N4)n2)cc1. The Labute approximate surface area is 105 Å². The Hall–Kier alpha value is -1.68. The Morgan fingerprint density at radius 1 is 1.17 bits per heavy atom. The molecule has 4 heteroatoms. The highest BCUT2D eigenvalue weighted by atomic mass is 16.5. The lowest BCUT2D eigenvalue weighted by Gasteiger charge is -2.15. The third kappa shape index (κ3) is 1.56. The van der Waals surface area contributed by atoms with Gasteiger partial charge in [0.15, 0.2) is 0 Å². The maximum Gasteiger partial charge on any atom is 0.231 e. The molecule has 1 N–H and O–H groups in total. The van der Waals surface area contributed by atoms with Crippen LogP contribution in [0.1, 0.15) is 31.1 Å². The van der Waals surface area contributed by atoms with E-state index >= 15 is 0 Å². The van der Waals surface area contributed by atoms with Gasteiger partial charge >= 0.3 is 0 Å². The summed E-state index contributed by atoms with van der Waals surface area (Å²) in [6.07, 6.45) is 3.67. The largest absolute Gasteiger partial charge is 0.339 e. The van der Waals surface area contributed by atoms with Crippen molar-refractivity contribution in [3.05, 3.63) is 36.2 Å². The summed E-state index contributed by atoms with van der Waals surface area (Å²) in [7, 11) is 0. The molecule has 18 heavy (non-hydrogen) atoms. The highest BCUT2D eigenvalue weighted by Gasteiger charge is 2.42. The molecule has 2 saturated heterocycles. The van der Waals surface area contributed by atoms with Crippen LogP contribution in [-0.2, 0) is 0 Å². The Bertz CT molecular complexity index is 551. The lowest BCUT2D eigenvalue weighted by Crippen LogP contribution is -2.21. The molecule has 0 radical (unpaired) electrons. The van der Waals surface area contributed by atoms with E-state index in [4.69, 9.17) is 4.52 Å². The highest BCUT2D eigenvalue weighted by Crippen LogP contribution is 2.39. The second-order valence-corrected chi connectivity index (χ2v) is 5.21. The second kappa shape index (κ2) is 3.92. The third-order valence-electron chi connectivity index (χ3n) is 4.09. The second-order valence-electron chi connectivity index (χ2n) is 5.21. The normalized spacial score (nSPS) is 29.9. The summed E-state index contributed by atoms with van der Waals surface area (Å²) in [4.78, 5) is 4.56. The zero-order valence-corrected chi connectivity index (χ0v) is 10.0. The van der Waals surface area contributed by atoms with Gasteiger partial charge in [0.2, 0.25) is 11.7 Å². The van der Waals surface area contributed by atoms with Gasteiger partial charge in [-0.3, -0.25) is 0 Å². The summed E-state index contributed by atoms with van der Waals surface area (Å²) in [5.74, 6) is 1.91. The standard InChI is InChI=1S/C14H15N3O/c1-2-4-9(5-3-1)13-16-14(18-17-13)11-8-10-6-7-12(11)15-10/h1-5,10-12,15H,6-8H2. The molecule has 3 atom stereocenters. The quantitative estimate of drug-likeness (QED) is 0.876. The molecule has 0 amide bonds. The summed E-state index contributed by atoms with van der Waals surface area (Å²) < 4.78 is 5.45. The van der Waals surface area contributed by atoms with Crippen molar-refractivity contribution < 1.29 is 4.52 Å². The van der Waals surface area contributed by atoms with E-state index in [0.29, 0.717) is 23.8 Å². The Balaban J connectivity index is 1.63. The van der Waals surface area contributed by atoms with Crippen LogP contribution in [0.4, 0.5) is 0 Å². The van der Waals surface area contributed by atoms with Crippen molar-refractivity contribution in [1.29, 1.82) is 0 Å². The van der Waals surface area contributed by atoms with Crippen LogP contribution in [0, 0.1) is 0 Å². The number of nitrogens with one attached hydrogen (secondary N) is 1. The fraction of sp³-hybridized carbons (Fsp3) is 0.429. The van der Waals surface area contributed by atoms with E-state index in [1.54, 1.807) is 0 Å². The molecular weight excluding hydrogens is 226 g/mol. The van der Waals surface area contributed by atoms with Gasteiger partial charge in [0.25, 0.3) is 0 Å². The van der Waals surface area contributed by atoms with Gasteiger partial charge in [0.1, 0.15) is 0 Å². The van der Waals surface area contributed by atoms with Gasteiger partial charge in [-0.05, 0) is 19.3 Å². The predicted molar refractivity (Wildman–Crippen MR) is 67.0 cm³/mol. The lowest BCUT2D eigenvalue weighted by molar-refractivity contribution is 0.329. The molecule has 3 heterocycles. The van der Waals surface area contributed by atoms with Crippen LogP contribution in [0.25, 0.3) is 11.4 Å². The molecule has 4 rings (SSSR count). The Kier molecular flexibility index (Phi) is 2.23. The molecule has 92 valence electrons. The number of aromatic nitrogens is 2. The van der Waals surface area contributed by atoms with Gasteiger partial charge in [-0.1, -0.05) is 35.5 Å². The first kappa shape index (κ1) is 10.3. The molecular formula is C14H15N3O. The average molecular weight is 241 g/mol. The molecule has 4 nitrogen and oxygen atoms in total. The molecule has 2 bridgehead atoms. The first-order valence-corrected chi connectivity index (χ1v) is 6.55. The van der Waals surface area contributed by atoms with Crippen LogP contribution in [0.3, 0.4) is 0 Å². The van der Waals surface area contributed by atoms with E-state index in [1.165, 1.54) is 12.8 Å². The summed E-state index contributed by atoms with van der Waals surface area (Å²) in [6.45, 7) is 0. The van der Waals surface area contributed by atoms with Crippen LogP contribution < -0.4 is 5.32 Å². The first-order valence-electron chi connectivity index (χ1n) is 6.55. The third-order valence-corrected chi connectivity index (χ3v) is 4.09. The van der Waals surface area contributed by atoms with Gasteiger partial charge < -0.3 is 9.84 Å². The molecule has 0 spiro atoms. The van der Waals surface area contributed by atoms with E-state index in [2.05, 4.69) is 15.5 Å². The molecule has 2 aliphatic heterocycles. The van der Waals surface area contributed by atoms with Gasteiger partial charge in [-0.2, -0.15) is 4.98 Å². The number of nitrogens with zero attached hydrogens (tertiary/aromatic N) is 2. The van der Waals surface area contributed by atoms with E-state index in [9.17, 15) is 0 Å². The van der Waals surface area contributed by atoms with E-state index < -0.39 is 0 Å². The average Bonchev–Trinajstić information content (AvgIpc) is 3.15. The predicted octanol–water partition coefficient (Wildman–Crippen LogP) is 2.34. The maximum atomic E-state index is 5.45. The zero-order valence-electron chi connectivity index (χ0n) is 10.0. The zero-order chi connectivity index (χ0) is 11.9. The fourth-order valence-electron chi connectivity index (χ4n) is 3.19. The smallest absolute Gasteiger partial charge is 0.231 e. The molecule has 2 aliphatic rings. The molecule has 1 aromatic carbocycles. The number of benzene rings is 1. The summed E-state index contributed by atoms with van der Waals surface area (Å²) >= 11 is 0. The van der Waals surface area contributed by atoms with Crippen LogP contribution in [0.5, 0.6) is 0 Å². The number of rotatable bonds is 2. The van der Waals surface area contributed by atoms with Crippen molar-refractivity contribution in [2.45, 2.75) is 37.3 Å². The van der Waals surface area contributed by atoms with Crippen LogP contribution in [0.15, 0.2) is 34.9 Å². The summed E-state index contributed by atoms with van der Waals surface area (Å²) in [5, 5.41) is 7.70. The van der Waals surface area contributed by atoms with Crippen molar-refractivity contribution >= 4 is 0 Å². The summed E-state index contributed by atoms with van der Waals surface area (Å²) in [6, 6.07) is 11.2. The van der Waals surface area contributed by atoms with Crippen LogP contribution in [-0.4, -0.2) is 22.2 Å². The lowest BCUT2D eigenvalue weighted by atomic mass is 9.89. The van der Waals surface area contributed by atoms with E-state index in [0.717, 1.165) is 17.9 Å². The number of hydrogen-bond acceptors (Lipinski definition) is 4. The van der Waals surface area contributed by atoms with Crippen molar-refractivity contribution in [1.82, 2.24) is 15.5 Å². The van der Waals surface area contributed by atoms with Crippen molar-refractivity contribution in [2.24, 2.45) is 0 Å². The topological polar surface area (TPSA) is 51.0 Å². The minimum atomic E-state index is 0.411. The number of fused-ring (bicyclic) bond motifs is 2. The minimum absolute atomic E-state index is 0.411. The molecule has 3 unspecified atom stereocenters. The summed E-state index contributed by atoms with van der Waals surface area (Å²) in [5.41, 5.74) is 1.02. The maximum absolute atomic E-state index is 5.45. The van der Waals surface area contributed by atoms with Gasteiger partial charge in [-0.15, -0.1) is 0 Å². The molecule has 0 saturated carbocycles. The van der Waals surface area contributed by atoms with Gasteiger partial charge in [-0.25, -0.2) is 0 Å². The Morgan fingerprint density at radius 3 is 2.78 bits per heavy atom. The van der Waals surface area contributed by atoms with E-state index in [1.807, 2.05) is 30.3 Å². The van der Waals surface area contributed by atoms with Crippen LogP contribution in [0.2, 0.25) is 0 Å². The van der Waals surface area contributed by atoms with E-state index in [-0.39, 0.29) is 0 Å². The van der Waals surface area contributed by atoms with Crippen molar-refractivity contribution in [2.75, 3.05) is 0 Å². The molecule has 2 fully saturated rings. The first-order chi connectivity index (χ1) is 8.90. The van der Waals surface area contributed by atoms with Crippen molar-refractivity contribution in [3.63, 3.8) is 0 Å². The van der Waals surface area contributed by atoms with Crippen molar-refractivity contribution in [3.8, 4) is 11.4 Å². The molecule has 0 aliphatic carbocycles. The molecule has 2 aromatic rings. The van der Waals surface area contributed by atoms with Gasteiger partial charge in [0, 0.05) is 17.6 Å². The van der Waals surface area contributed by atoms with Gasteiger partial charge in [0.05, 0.1) is 5.92 Å². The number of hydrogen-bond donors (Lipinski definition) is 1. The van der Waals surface area contributed by atoms with Crippen LogP contribution >= 0.6 is 0 Å².